The van der Waals surface area contributed by atoms with Gasteiger partial charge in [-0.25, -0.2) is 4.79 Å². The largest absolute Gasteiger partial charge is 0.472 e. The maximum absolute atomic E-state index is 13.0. The van der Waals surface area contributed by atoms with Crippen LogP contribution in [0.15, 0.2) is 69.5 Å². The lowest BCUT2D eigenvalue weighted by Crippen LogP contribution is -2.15. The number of allylic oxidation sites excluding steroid dienone is 5. The number of unbranched alkanes of at least 4 members (excludes halogenated alkanes) is 9. The molecule has 0 fully saturated rings. The summed E-state index contributed by atoms with van der Waals surface area (Å²) in [5.74, 6) is 0.844. The maximum Gasteiger partial charge on any atom is 0.343 e. The van der Waals surface area contributed by atoms with E-state index in [9.17, 15) is 9.59 Å². The Balaban J connectivity index is 1.63. The van der Waals surface area contributed by atoms with E-state index in [1.807, 2.05) is 25.3 Å². The van der Waals surface area contributed by atoms with Gasteiger partial charge in [0, 0.05) is 0 Å². The van der Waals surface area contributed by atoms with Crippen molar-refractivity contribution in [2.24, 2.45) is 17.8 Å². The SMILES string of the molecule is CCCCCCCC(C)CCCCCCCCC(C)C(=O)OC1=C(C)C(=O)O/C1=C\[C@H](C)CCC/C(C)=C/CC/C(C)=C/CCc1ccoc1. The number of ether oxygens (including phenoxy) is 2. The van der Waals surface area contributed by atoms with Gasteiger partial charge < -0.3 is 13.9 Å². The lowest BCUT2D eigenvalue weighted by molar-refractivity contribution is -0.144. The Morgan fingerprint density at radius 2 is 1.42 bits per heavy atom. The van der Waals surface area contributed by atoms with E-state index in [1.165, 1.54) is 87.3 Å². The lowest BCUT2D eigenvalue weighted by Gasteiger charge is -2.14. The average Bonchev–Trinajstić information content (AvgIpc) is 3.69. The summed E-state index contributed by atoms with van der Waals surface area (Å²) in [6, 6.07) is 2.03. The quantitative estimate of drug-likeness (QED) is 0.0497. The van der Waals surface area contributed by atoms with E-state index in [0.717, 1.165) is 70.1 Å². The Labute approximate surface area is 306 Å². The fourth-order valence-electron chi connectivity index (χ4n) is 6.66. The molecule has 2 unspecified atom stereocenters. The summed E-state index contributed by atoms with van der Waals surface area (Å²) >= 11 is 0. The van der Waals surface area contributed by atoms with Crippen molar-refractivity contribution in [2.75, 3.05) is 0 Å². The van der Waals surface area contributed by atoms with Crippen molar-refractivity contribution < 1.29 is 23.5 Å². The Bertz CT molecular complexity index is 1210. The van der Waals surface area contributed by atoms with Crippen molar-refractivity contribution >= 4 is 11.9 Å². The van der Waals surface area contributed by atoms with Gasteiger partial charge in [0.25, 0.3) is 0 Å². The minimum absolute atomic E-state index is 0.196. The fourth-order valence-corrected chi connectivity index (χ4v) is 6.66. The van der Waals surface area contributed by atoms with Crippen LogP contribution in [0.1, 0.15) is 182 Å². The third kappa shape index (κ3) is 19.0. The first-order chi connectivity index (χ1) is 24.1. The number of aryl methyl sites for hydroxylation is 1. The van der Waals surface area contributed by atoms with Crippen molar-refractivity contribution in [3.05, 3.63) is 70.6 Å². The van der Waals surface area contributed by atoms with Gasteiger partial charge in [-0.05, 0) is 102 Å². The summed E-state index contributed by atoms with van der Waals surface area (Å²) in [6.45, 7) is 14.9. The third-order valence-corrected chi connectivity index (χ3v) is 10.3. The van der Waals surface area contributed by atoms with E-state index in [0.29, 0.717) is 17.1 Å². The second-order valence-corrected chi connectivity index (χ2v) is 15.4. The Morgan fingerprint density at radius 1 is 0.800 bits per heavy atom. The molecule has 1 aliphatic rings. The molecule has 3 atom stereocenters. The number of esters is 2. The van der Waals surface area contributed by atoms with Crippen LogP contribution in [0.5, 0.6) is 0 Å². The van der Waals surface area contributed by atoms with Gasteiger partial charge in [-0.2, -0.15) is 0 Å². The number of hydrogen-bond acceptors (Lipinski definition) is 5. The van der Waals surface area contributed by atoms with Gasteiger partial charge in [0.1, 0.15) is 0 Å². The number of rotatable bonds is 28. The first-order valence-corrected chi connectivity index (χ1v) is 20.3. The molecule has 0 amide bonds. The van der Waals surface area contributed by atoms with Gasteiger partial charge in [-0.3, -0.25) is 4.79 Å². The first kappa shape index (κ1) is 43.3. The zero-order valence-corrected chi connectivity index (χ0v) is 33.1. The highest BCUT2D eigenvalue weighted by Crippen LogP contribution is 2.30. The zero-order chi connectivity index (χ0) is 36.6. The van der Waals surface area contributed by atoms with Gasteiger partial charge in [-0.1, -0.05) is 134 Å². The normalized spacial score (nSPS) is 16.6. The molecule has 0 bridgehead atoms. The standard InChI is InChI=1S/C45H72O5/c1-8-9-10-13-16-22-35(2)23-17-14-11-12-15-18-29-39(6)44(46)50-43-40(7)45(47)49-42(43)33-38(5)28-20-26-36(3)24-19-25-37(4)27-21-30-41-31-32-48-34-41/h24,27,31-35,38-39H,8-23,25-26,28-30H2,1-7H3/b36-24+,37-27+,42-33-/t35?,38-,39?/m1/s1. The molecule has 50 heavy (non-hydrogen) atoms. The second-order valence-electron chi connectivity index (χ2n) is 15.4. The van der Waals surface area contributed by atoms with Crippen molar-refractivity contribution in [3.8, 4) is 0 Å². The summed E-state index contributed by atoms with van der Waals surface area (Å²) in [7, 11) is 0. The van der Waals surface area contributed by atoms with Gasteiger partial charge in [0.15, 0.2) is 11.5 Å². The van der Waals surface area contributed by atoms with Crippen LogP contribution in [0.2, 0.25) is 0 Å². The van der Waals surface area contributed by atoms with E-state index < -0.39 is 5.97 Å². The smallest absolute Gasteiger partial charge is 0.343 e. The van der Waals surface area contributed by atoms with E-state index in [4.69, 9.17) is 13.9 Å². The predicted molar refractivity (Wildman–Crippen MR) is 208 cm³/mol. The van der Waals surface area contributed by atoms with Crippen LogP contribution in [0, 0.1) is 17.8 Å². The molecule has 0 saturated heterocycles. The molecule has 0 spiro atoms. The minimum Gasteiger partial charge on any atom is -0.472 e. The third-order valence-electron chi connectivity index (χ3n) is 10.3. The highest BCUT2D eigenvalue weighted by atomic mass is 16.6. The molecule has 2 rings (SSSR count). The maximum atomic E-state index is 13.0. The molecule has 5 heteroatoms. The molecular weight excluding hydrogens is 620 g/mol. The number of furan rings is 1. The van der Waals surface area contributed by atoms with Crippen molar-refractivity contribution in [1.29, 1.82) is 0 Å². The van der Waals surface area contributed by atoms with E-state index in [2.05, 4.69) is 46.8 Å². The molecule has 1 aliphatic heterocycles. The summed E-state index contributed by atoms with van der Waals surface area (Å²) < 4.78 is 16.5. The van der Waals surface area contributed by atoms with Crippen LogP contribution in [-0.4, -0.2) is 11.9 Å². The van der Waals surface area contributed by atoms with Crippen LogP contribution in [0.3, 0.4) is 0 Å². The molecule has 282 valence electrons. The average molecular weight is 693 g/mol. The Morgan fingerprint density at radius 3 is 2.08 bits per heavy atom. The molecule has 0 aromatic carbocycles. The van der Waals surface area contributed by atoms with E-state index >= 15 is 0 Å². The van der Waals surface area contributed by atoms with Crippen molar-refractivity contribution in [1.82, 2.24) is 0 Å². The molecule has 0 saturated carbocycles. The van der Waals surface area contributed by atoms with Crippen LogP contribution < -0.4 is 0 Å². The summed E-state index contributed by atoms with van der Waals surface area (Å²) in [4.78, 5) is 25.4. The van der Waals surface area contributed by atoms with Crippen LogP contribution in [0.25, 0.3) is 0 Å². The molecule has 0 aliphatic carbocycles. The second kappa shape index (κ2) is 26.0. The Hall–Kier alpha value is -2.82. The van der Waals surface area contributed by atoms with Gasteiger partial charge in [0.05, 0.1) is 24.0 Å². The summed E-state index contributed by atoms with van der Waals surface area (Å²) in [5, 5.41) is 0. The number of carbonyl (C=O) groups excluding carboxylic acids is 2. The topological polar surface area (TPSA) is 65.7 Å². The van der Waals surface area contributed by atoms with Gasteiger partial charge in [0.2, 0.25) is 0 Å². The first-order valence-electron chi connectivity index (χ1n) is 20.3. The Kier molecular flexibility index (Phi) is 22.6. The highest BCUT2D eigenvalue weighted by Gasteiger charge is 2.31. The lowest BCUT2D eigenvalue weighted by atomic mass is 9.95. The van der Waals surface area contributed by atoms with Gasteiger partial charge >= 0.3 is 11.9 Å². The van der Waals surface area contributed by atoms with Crippen molar-refractivity contribution in [2.45, 2.75) is 183 Å². The van der Waals surface area contributed by atoms with E-state index in [1.54, 1.807) is 13.2 Å². The molecule has 5 nitrogen and oxygen atoms in total. The van der Waals surface area contributed by atoms with Crippen LogP contribution in [0.4, 0.5) is 0 Å². The summed E-state index contributed by atoms with van der Waals surface area (Å²) in [6.07, 6.45) is 35.3. The van der Waals surface area contributed by atoms with Gasteiger partial charge in [-0.15, -0.1) is 0 Å². The molecule has 0 radical (unpaired) electrons. The monoisotopic (exact) mass is 693 g/mol. The number of carbonyl (C=O) groups is 2. The predicted octanol–water partition coefficient (Wildman–Crippen LogP) is 13.7. The van der Waals surface area contributed by atoms with Crippen LogP contribution >= 0.6 is 0 Å². The number of hydrogen-bond donors (Lipinski definition) is 0. The molecule has 0 N–H and O–H groups in total. The molecule has 1 aromatic rings. The fraction of sp³-hybridized carbons (Fsp3) is 0.689. The molecular formula is C45H72O5. The highest BCUT2D eigenvalue weighted by molar-refractivity contribution is 5.94. The van der Waals surface area contributed by atoms with E-state index in [-0.39, 0.29) is 17.8 Å². The number of cyclic esters (lactones) is 1. The minimum atomic E-state index is -0.426. The van der Waals surface area contributed by atoms with Crippen molar-refractivity contribution in [3.63, 3.8) is 0 Å². The van der Waals surface area contributed by atoms with Crippen LogP contribution in [-0.2, 0) is 25.5 Å². The molecule has 1 aromatic heterocycles. The zero-order valence-electron chi connectivity index (χ0n) is 33.1. The molecule has 2 heterocycles. The summed E-state index contributed by atoms with van der Waals surface area (Å²) in [5.41, 5.74) is 4.47.